The summed E-state index contributed by atoms with van der Waals surface area (Å²) < 4.78 is 28.3. The van der Waals surface area contributed by atoms with E-state index in [0.29, 0.717) is 12.2 Å². The van der Waals surface area contributed by atoms with Crippen LogP contribution in [-0.2, 0) is 17.1 Å². The molecule has 2 aromatic rings. The Kier molecular flexibility index (Phi) is 3.31. The molecule has 1 unspecified atom stereocenters. The first kappa shape index (κ1) is 14.8. The number of nitrogens with zero attached hydrogens (tertiary/aromatic N) is 6. The van der Waals surface area contributed by atoms with Crippen LogP contribution in [-0.4, -0.2) is 63.7 Å². The Morgan fingerprint density at radius 1 is 1.22 bits per heavy atom. The number of hydrogen-bond donors (Lipinski definition) is 0. The Morgan fingerprint density at radius 2 is 2.00 bits per heavy atom. The summed E-state index contributed by atoms with van der Waals surface area (Å²) in [5, 5.41) is -0.163. The van der Waals surface area contributed by atoms with Crippen LogP contribution in [0.25, 0.3) is 11.2 Å². The third kappa shape index (κ3) is 2.38. The zero-order valence-electron chi connectivity index (χ0n) is 13.3. The monoisotopic (exact) mass is 336 g/mol. The first-order valence-electron chi connectivity index (χ1n) is 7.82. The number of aromatic nitrogens is 4. The highest BCUT2D eigenvalue weighted by Crippen LogP contribution is 2.33. The number of aryl methyl sites for hydroxylation is 1. The van der Waals surface area contributed by atoms with Gasteiger partial charge in [0.25, 0.3) is 0 Å². The molecule has 0 N–H and O–H groups in total. The van der Waals surface area contributed by atoms with Crippen LogP contribution in [0.4, 0.5) is 5.82 Å². The molecule has 0 amide bonds. The summed E-state index contributed by atoms with van der Waals surface area (Å²) in [4.78, 5) is 15.0. The van der Waals surface area contributed by atoms with Crippen molar-refractivity contribution in [2.75, 3.05) is 25.0 Å². The molecule has 0 bridgehead atoms. The lowest BCUT2D eigenvalue weighted by Crippen LogP contribution is -2.40. The van der Waals surface area contributed by atoms with Gasteiger partial charge in [-0.3, -0.25) is 0 Å². The van der Waals surface area contributed by atoms with Crippen molar-refractivity contribution >= 4 is 27.0 Å². The normalized spacial score (nSPS) is 22.4. The molecule has 23 heavy (non-hydrogen) atoms. The van der Waals surface area contributed by atoms with Crippen LogP contribution >= 0.6 is 0 Å². The highest BCUT2D eigenvalue weighted by atomic mass is 32.2. The molecule has 1 aliphatic carbocycles. The molecule has 1 aliphatic heterocycles. The number of sulfonamides is 1. The highest BCUT2D eigenvalue weighted by Gasteiger charge is 2.42. The summed E-state index contributed by atoms with van der Waals surface area (Å²) in [5.41, 5.74) is 1.56. The molecule has 9 heteroatoms. The minimum absolute atomic E-state index is 0.00107. The van der Waals surface area contributed by atoms with Crippen molar-refractivity contribution in [2.45, 2.75) is 30.6 Å². The van der Waals surface area contributed by atoms with E-state index in [0.717, 1.165) is 37.1 Å². The second-order valence-electron chi connectivity index (χ2n) is 6.37. The predicted molar refractivity (Wildman–Crippen MR) is 86.6 cm³/mol. The molecule has 124 valence electrons. The number of imidazole rings is 1. The van der Waals surface area contributed by atoms with Crippen molar-refractivity contribution in [2.24, 2.45) is 7.05 Å². The fourth-order valence-electron chi connectivity index (χ4n) is 3.24. The lowest BCUT2D eigenvalue weighted by atomic mass is 10.3. The highest BCUT2D eigenvalue weighted by molar-refractivity contribution is 7.90. The van der Waals surface area contributed by atoms with Gasteiger partial charge in [-0.05, 0) is 19.3 Å². The average Bonchev–Trinajstić information content (AvgIpc) is 3.19. The molecule has 2 aliphatic rings. The fraction of sp³-hybridized carbons (Fsp3) is 0.643. The number of fused-ring (bicyclic) bond motifs is 1. The van der Waals surface area contributed by atoms with E-state index in [1.54, 1.807) is 17.7 Å². The van der Waals surface area contributed by atoms with E-state index < -0.39 is 10.0 Å². The maximum absolute atomic E-state index is 12.4. The second kappa shape index (κ2) is 5.13. The van der Waals surface area contributed by atoms with Crippen molar-refractivity contribution in [3.05, 3.63) is 12.7 Å². The summed E-state index contributed by atoms with van der Waals surface area (Å²) in [5.74, 6) is 0.828. The number of hydrogen-bond acceptors (Lipinski definition) is 6. The summed E-state index contributed by atoms with van der Waals surface area (Å²) >= 11 is 0. The summed E-state index contributed by atoms with van der Waals surface area (Å²) in [6, 6.07) is -0.00107. The molecule has 4 rings (SSSR count). The SMILES string of the molecule is CN(C1CCN(c2ncnc3ncn(C)c23)C1)S(=O)(=O)C1CC1. The molecule has 1 atom stereocenters. The minimum atomic E-state index is -3.14. The molecule has 0 aromatic carbocycles. The molecule has 3 heterocycles. The van der Waals surface area contributed by atoms with E-state index in [-0.39, 0.29) is 11.3 Å². The Bertz CT molecular complexity index is 844. The Hall–Kier alpha value is -1.74. The molecule has 0 radical (unpaired) electrons. The maximum Gasteiger partial charge on any atom is 0.217 e. The Balaban J connectivity index is 1.59. The number of likely N-dealkylation sites (N-methyl/N-ethyl adjacent to an activating group) is 1. The maximum atomic E-state index is 12.4. The molecule has 2 fully saturated rings. The van der Waals surface area contributed by atoms with Gasteiger partial charge in [-0.15, -0.1) is 0 Å². The molecule has 1 saturated carbocycles. The first-order valence-corrected chi connectivity index (χ1v) is 9.32. The van der Waals surface area contributed by atoms with E-state index in [1.807, 2.05) is 11.6 Å². The first-order chi connectivity index (χ1) is 11.0. The van der Waals surface area contributed by atoms with Gasteiger partial charge in [0, 0.05) is 33.2 Å². The van der Waals surface area contributed by atoms with Gasteiger partial charge in [-0.25, -0.2) is 23.4 Å². The minimum Gasteiger partial charge on any atom is -0.353 e. The summed E-state index contributed by atoms with van der Waals surface area (Å²) in [6.45, 7) is 1.44. The lowest BCUT2D eigenvalue weighted by molar-refractivity contribution is 0.389. The van der Waals surface area contributed by atoms with E-state index >= 15 is 0 Å². The Morgan fingerprint density at radius 3 is 2.74 bits per heavy atom. The van der Waals surface area contributed by atoms with Crippen LogP contribution in [0, 0.1) is 0 Å². The predicted octanol–water partition coefficient (Wildman–Crippen LogP) is 0.366. The largest absolute Gasteiger partial charge is 0.353 e. The van der Waals surface area contributed by atoms with Gasteiger partial charge in [-0.2, -0.15) is 4.31 Å². The van der Waals surface area contributed by atoms with Gasteiger partial charge in [-0.1, -0.05) is 0 Å². The smallest absolute Gasteiger partial charge is 0.217 e. The van der Waals surface area contributed by atoms with Gasteiger partial charge in [0.05, 0.1) is 11.6 Å². The zero-order valence-corrected chi connectivity index (χ0v) is 14.1. The van der Waals surface area contributed by atoms with Gasteiger partial charge in [0.2, 0.25) is 10.0 Å². The van der Waals surface area contributed by atoms with Crippen molar-refractivity contribution in [1.29, 1.82) is 0 Å². The molecule has 8 nitrogen and oxygen atoms in total. The number of rotatable bonds is 4. The third-order valence-corrected chi connectivity index (χ3v) is 7.23. The molecule has 2 aromatic heterocycles. The van der Waals surface area contributed by atoms with Crippen LogP contribution in [0.3, 0.4) is 0 Å². The van der Waals surface area contributed by atoms with Gasteiger partial charge < -0.3 is 9.47 Å². The van der Waals surface area contributed by atoms with Crippen LogP contribution in [0.15, 0.2) is 12.7 Å². The van der Waals surface area contributed by atoms with Gasteiger partial charge in [0.1, 0.15) is 11.8 Å². The summed E-state index contributed by atoms with van der Waals surface area (Å²) in [7, 11) is 0.488. The third-order valence-electron chi connectivity index (χ3n) is 4.81. The molecular formula is C14H20N6O2S. The van der Waals surface area contributed by atoms with Gasteiger partial charge in [0.15, 0.2) is 11.5 Å². The Labute approximate surface area is 135 Å². The van der Waals surface area contributed by atoms with Crippen LogP contribution in [0.2, 0.25) is 0 Å². The van der Waals surface area contributed by atoms with Crippen LogP contribution < -0.4 is 4.90 Å². The van der Waals surface area contributed by atoms with Gasteiger partial charge >= 0.3 is 0 Å². The second-order valence-corrected chi connectivity index (χ2v) is 8.65. The molecule has 0 spiro atoms. The fourth-order valence-corrected chi connectivity index (χ4v) is 5.03. The number of anilines is 1. The van der Waals surface area contributed by atoms with E-state index in [1.165, 1.54) is 6.33 Å². The van der Waals surface area contributed by atoms with Crippen molar-refractivity contribution < 1.29 is 8.42 Å². The summed E-state index contributed by atoms with van der Waals surface area (Å²) in [6.07, 6.45) is 5.64. The van der Waals surface area contributed by atoms with Crippen molar-refractivity contribution in [3.8, 4) is 0 Å². The quantitative estimate of drug-likeness (QED) is 0.802. The zero-order chi connectivity index (χ0) is 16.2. The van der Waals surface area contributed by atoms with E-state index in [4.69, 9.17) is 0 Å². The molecule has 1 saturated heterocycles. The topological polar surface area (TPSA) is 84.2 Å². The van der Waals surface area contributed by atoms with Crippen molar-refractivity contribution in [3.63, 3.8) is 0 Å². The van der Waals surface area contributed by atoms with Crippen molar-refractivity contribution in [1.82, 2.24) is 23.8 Å². The van der Waals surface area contributed by atoms with E-state index in [9.17, 15) is 8.42 Å². The average molecular weight is 336 g/mol. The van der Waals surface area contributed by atoms with Crippen LogP contribution in [0.5, 0.6) is 0 Å². The van der Waals surface area contributed by atoms with Crippen LogP contribution in [0.1, 0.15) is 19.3 Å². The standard InChI is InChI=1S/C14H20N6O2S/c1-18-9-17-13-12(18)14(16-8-15-13)20-6-5-10(7-20)19(2)23(21,22)11-3-4-11/h8-11H,3-7H2,1-2H3. The molecular weight excluding hydrogens is 316 g/mol. The lowest BCUT2D eigenvalue weighted by Gasteiger charge is -2.24. The van der Waals surface area contributed by atoms with E-state index in [2.05, 4.69) is 19.9 Å².